The van der Waals surface area contributed by atoms with Gasteiger partial charge in [0.25, 0.3) is 0 Å². The van der Waals surface area contributed by atoms with Crippen molar-refractivity contribution in [1.29, 1.82) is 0 Å². The summed E-state index contributed by atoms with van der Waals surface area (Å²) in [5, 5.41) is 17.4. The van der Waals surface area contributed by atoms with Crippen molar-refractivity contribution < 1.29 is 4.63 Å². The van der Waals surface area contributed by atoms with Crippen LogP contribution in [0.3, 0.4) is 0 Å². The first-order valence-electron chi connectivity index (χ1n) is 8.81. The Morgan fingerprint density at radius 3 is 2.56 bits per heavy atom. The van der Waals surface area contributed by atoms with Crippen LogP contribution in [-0.4, -0.2) is 31.3 Å². The Morgan fingerprint density at radius 2 is 1.78 bits per heavy atom. The first kappa shape index (κ1) is 16.1. The van der Waals surface area contributed by atoms with Crippen LogP contribution < -0.4 is 10.6 Å². The third kappa shape index (κ3) is 3.72. The highest BCUT2D eigenvalue weighted by Crippen LogP contribution is 2.28. The maximum absolute atomic E-state index is 4.73. The van der Waals surface area contributed by atoms with Gasteiger partial charge in [0.05, 0.1) is 17.2 Å². The molecule has 1 aliphatic carbocycles. The highest BCUT2D eigenvalue weighted by Gasteiger charge is 2.24. The number of benzene rings is 1. The van der Waals surface area contributed by atoms with E-state index in [4.69, 9.17) is 9.61 Å². The number of hydrogen-bond donors (Lipinski definition) is 2. The average molecular weight is 379 g/mol. The van der Waals surface area contributed by atoms with Gasteiger partial charge in [0, 0.05) is 17.8 Å². The lowest BCUT2D eigenvalue weighted by Crippen LogP contribution is -2.10. The molecule has 5 rings (SSSR count). The Balaban J connectivity index is 1.31. The summed E-state index contributed by atoms with van der Waals surface area (Å²) in [4.78, 5) is 13.7. The van der Waals surface area contributed by atoms with Crippen molar-refractivity contribution in [2.24, 2.45) is 0 Å². The predicted molar refractivity (Wildman–Crippen MR) is 103 cm³/mol. The second kappa shape index (κ2) is 6.92. The van der Waals surface area contributed by atoms with Crippen molar-refractivity contribution in [3.8, 4) is 0 Å². The van der Waals surface area contributed by atoms with Crippen molar-refractivity contribution in [2.75, 3.05) is 10.6 Å². The summed E-state index contributed by atoms with van der Waals surface area (Å²) in [5.74, 6) is 1.32. The lowest BCUT2D eigenvalue weighted by atomic mass is 10.2. The van der Waals surface area contributed by atoms with E-state index >= 15 is 0 Å². The molecule has 1 fully saturated rings. The summed E-state index contributed by atoms with van der Waals surface area (Å²) in [6.07, 6.45) is 3.13. The second-order valence-electron chi connectivity index (χ2n) is 6.50. The SMILES string of the molecule is c1ccc(Cc2nc(CNc3nc4nonc4nc3NC3CC3)cs2)cc1. The molecule has 0 atom stereocenters. The Morgan fingerprint density at radius 1 is 1.00 bits per heavy atom. The summed E-state index contributed by atoms with van der Waals surface area (Å²) in [5.41, 5.74) is 3.03. The molecule has 8 nitrogen and oxygen atoms in total. The molecule has 1 aromatic carbocycles. The molecule has 0 amide bonds. The fraction of sp³-hybridized carbons (Fsp3) is 0.278. The number of thiazole rings is 1. The predicted octanol–water partition coefficient (Wildman–Crippen LogP) is 3.25. The minimum atomic E-state index is 0.391. The molecule has 0 aliphatic heterocycles. The first-order valence-corrected chi connectivity index (χ1v) is 9.69. The monoisotopic (exact) mass is 379 g/mol. The smallest absolute Gasteiger partial charge is 0.245 e. The Hall–Kier alpha value is -3.07. The van der Waals surface area contributed by atoms with E-state index in [9.17, 15) is 0 Å². The number of anilines is 2. The van der Waals surface area contributed by atoms with Gasteiger partial charge >= 0.3 is 0 Å². The highest BCUT2D eigenvalue weighted by atomic mass is 32.1. The molecule has 136 valence electrons. The molecule has 27 heavy (non-hydrogen) atoms. The maximum Gasteiger partial charge on any atom is 0.245 e. The van der Waals surface area contributed by atoms with Crippen LogP contribution in [0.4, 0.5) is 11.6 Å². The van der Waals surface area contributed by atoms with E-state index in [0.29, 0.717) is 35.5 Å². The highest BCUT2D eigenvalue weighted by molar-refractivity contribution is 7.09. The van der Waals surface area contributed by atoms with E-state index in [-0.39, 0.29) is 0 Å². The van der Waals surface area contributed by atoms with Crippen molar-refractivity contribution in [3.05, 3.63) is 52.0 Å². The van der Waals surface area contributed by atoms with Gasteiger partial charge in [-0.2, -0.15) is 0 Å². The van der Waals surface area contributed by atoms with Gasteiger partial charge < -0.3 is 10.6 Å². The maximum atomic E-state index is 4.73. The van der Waals surface area contributed by atoms with E-state index in [1.807, 2.05) is 18.2 Å². The van der Waals surface area contributed by atoms with Gasteiger partial charge in [0.1, 0.15) is 0 Å². The minimum absolute atomic E-state index is 0.391. The molecule has 0 radical (unpaired) electrons. The zero-order chi connectivity index (χ0) is 18.1. The Kier molecular flexibility index (Phi) is 4.13. The van der Waals surface area contributed by atoms with Gasteiger partial charge in [-0.15, -0.1) is 11.3 Å². The molecule has 0 bridgehead atoms. The molecular formula is C18H17N7OS. The zero-order valence-electron chi connectivity index (χ0n) is 14.4. The topological polar surface area (TPSA) is 102 Å². The van der Waals surface area contributed by atoms with E-state index < -0.39 is 0 Å². The lowest BCUT2D eigenvalue weighted by molar-refractivity contribution is 0.314. The van der Waals surface area contributed by atoms with Crippen LogP contribution in [-0.2, 0) is 13.0 Å². The van der Waals surface area contributed by atoms with E-state index in [0.717, 1.165) is 30.0 Å². The van der Waals surface area contributed by atoms with Crippen LogP contribution in [0.5, 0.6) is 0 Å². The Bertz CT molecular complexity index is 1060. The standard InChI is InChI=1S/C18H17N7OS/c1-2-4-11(5-3-1)8-14-20-13(10-27-14)9-19-15-16(21-12-6-7-12)23-18-17(22-15)24-26-25-18/h1-5,10,12H,6-9H2,(H,19,22,24)(H,21,23,25). The van der Waals surface area contributed by atoms with Gasteiger partial charge in [0.2, 0.25) is 11.3 Å². The zero-order valence-corrected chi connectivity index (χ0v) is 15.2. The summed E-state index contributed by atoms with van der Waals surface area (Å²) < 4.78 is 4.73. The Labute approximate surface area is 159 Å². The van der Waals surface area contributed by atoms with Crippen LogP contribution in [0, 0.1) is 0 Å². The molecule has 1 saturated carbocycles. The van der Waals surface area contributed by atoms with Crippen LogP contribution in [0.25, 0.3) is 11.3 Å². The largest absolute Gasteiger partial charge is 0.364 e. The third-order valence-corrected chi connectivity index (χ3v) is 5.16. The van der Waals surface area contributed by atoms with Crippen LogP contribution in [0.1, 0.15) is 29.1 Å². The van der Waals surface area contributed by atoms with Crippen molar-refractivity contribution in [3.63, 3.8) is 0 Å². The van der Waals surface area contributed by atoms with Gasteiger partial charge in [-0.3, -0.25) is 0 Å². The molecule has 0 unspecified atom stereocenters. The molecular weight excluding hydrogens is 362 g/mol. The fourth-order valence-electron chi connectivity index (χ4n) is 2.74. The molecule has 2 N–H and O–H groups in total. The van der Waals surface area contributed by atoms with E-state index in [1.165, 1.54) is 5.56 Å². The van der Waals surface area contributed by atoms with Crippen LogP contribution in [0.2, 0.25) is 0 Å². The van der Waals surface area contributed by atoms with Crippen LogP contribution >= 0.6 is 11.3 Å². The molecule has 3 heterocycles. The number of aromatic nitrogens is 5. The number of fused-ring (bicyclic) bond motifs is 1. The van der Waals surface area contributed by atoms with Gasteiger partial charge in [-0.25, -0.2) is 19.6 Å². The van der Waals surface area contributed by atoms with E-state index in [2.05, 4.69) is 48.4 Å². The van der Waals surface area contributed by atoms with Crippen molar-refractivity contribution >= 4 is 34.3 Å². The minimum Gasteiger partial charge on any atom is -0.364 e. The summed E-state index contributed by atoms with van der Waals surface area (Å²) in [7, 11) is 0. The lowest BCUT2D eigenvalue weighted by Gasteiger charge is -2.10. The molecule has 3 aromatic heterocycles. The van der Waals surface area contributed by atoms with Crippen molar-refractivity contribution in [2.45, 2.75) is 31.8 Å². The average Bonchev–Trinajstić information content (AvgIpc) is 3.20. The first-order chi connectivity index (χ1) is 13.3. The summed E-state index contributed by atoms with van der Waals surface area (Å²) >= 11 is 1.67. The van der Waals surface area contributed by atoms with Gasteiger partial charge in [-0.1, -0.05) is 30.3 Å². The quantitative estimate of drug-likeness (QED) is 0.505. The number of rotatable bonds is 7. The number of hydrogen-bond acceptors (Lipinski definition) is 9. The molecule has 9 heteroatoms. The second-order valence-corrected chi connectivity index (χ2v) is 7.44. The third-order valence-electron chi connectivity index (χ3n) is 4.27. The molecule has 0 saturated heterocycles. The number of nitrogens with one attached hydrogen (secondary N) is 2. The molecule has 4 aromatic rings. The fourth-order valence-corrected chi connectivity index (χ4v) is 3.57. The van der Waals surface area contributed by atoms with E-state index in [1.54, 1.807) is 11.3 Å². The van der Waals surface area contributed by atoms with Gasteiger partial charge in [-0.05, 0) is 28.7 Å². The summed E-state index contributed by atoms with van der Waals surface area (Å²) in [6, 6.07) is 10.8. The number of nitrogens with zero attached hydrogens (tertiary/aromatic N) is 5. The molecule has 0 spiro atoms. The molecule has 1 aliphatic rings. The van der Waals surface area contributed by atoms with Crippen molar-refractivity contribution in [1.82, 2.24) is 25.3 Å². The van der Waals surface area contributed by atoms with Gasteiger partial charge in [0.15, 0.2) is 11.6 Å². The summed E-state index contributed by atoms with van der Waals surface area (Å²) in [6.45, 7) is 0.566. The normalized spacial score (nSPS) is 13.8. The van der Waals surface area contributed by atoms with Crippen LogP contribution in [0.15, 0.2) is 40.3 Å².